The summed E-state index contributed by atoms with van der Waals surface area (Å²) in [6.07, 6.45) is 1.61. The first-order valence-corrected chi connectivity index (χ1v) is 7.51. The largest absolute Gasteiger partial charge is 0.492 e. The molecule has 1 aromatic rings. The predicted molar refractivity (Wildman–Crippen MR) is 82.4 cm³/mol. The van der Waals surface area contributed by atoms with E-state index in [2.05, 4.69) is 16.7 Å². The zero-order chi connectivity index (χ0) is 14.8. The number of aliphatic hydroxyl groups excluding tert-OH is 1. The maximum absolute atomic E-state index is 8.68. The van der Waals surface area contributed by atoms with Gasteiger partial charge in [0.15, 0.2) is 0 Å². The summed E-state index contributed by atoms with van der Waals surface area (Å²) in [6, 6.07) is 7.77. The van der Waals surface area contributed by atoms with Crippen LogP contribution in [0.3, 0.4) is 0 Å². The van der Waals surface area contributed by atoms with E-state index in [9.17, 15) is 0 Å². The van der Waals surface area contributed by atoms with Gasteiger partial charge in [0, 0.05) is 38.2 Å². The Bertz CT molecular complexity index is 453. The van der Waals surface area contributed by atoms with E-state index < -0.39 is 0 Å². The van der Waals surface area contributed by atoms with Crippen molar-refractivity contribution in [1.29, 1.82) is 0 Å². The van der Waals surface area contributed by atoms with Crippen LogP contribution in [-0.4, -0.2) is 56.1 Å². The fraction of sp³-hybridized carbons (Fsp3) is 0.529. The van der Waals surface area contributed by atoms with Crippen LogP contribution in [0.2, 0.25) is 0 Å². The Morgan fingerprint density at radius 3 is 2.86 bits per heavy atom. The minimum Gasteiger partial charge on any atom is -0.492 e. The molecule has 1 aromatic carbocycles. The first kappa shape index (κ1) is 15.8. The Balaban J connectivity index is 1.72. The van der Waals surface area contributed by atoms with Crippen LogP contribution in [0.4, 0.5) is 0 Å². The van der Waals surface area contributed by atoms with Crippen molar-refractivity contribution in [2.45, 2.75) is 12.8 Å². The maximum Gasteiger partial charge on any atom is 0.119 e. The lowest BCUT2D eigenvalue weighted by molar-refractivity contribution is 0.137. The van der Waals surface area contributed by atoms with Gasteiger partial charge in [0.1, 0.15) is 12.4 Å². The van der Waals surface area contributed by atoms with Crippen LogP contribution in [-0.2, 0) is 4.74 Å². The Labute approximate surface area is 126 Å². The zero-order valence-electron chi connectivity index (χ0n) is 12.4. The summed E-state index contributed by atoms with van der Waals surface area (Å²) >= 11 is 0. The van der Waals surface area contributed by atoms with Crippen LogP contribution in [0.5, 0.6) is 5.75 Å². The van der Waals surface area contributed by atoms with Crippen LogP contribution < -0.4 is 4.74 Å². The number of benzene rings is 1. The van der Waals surface area contributed by atoms with Gasteiger partial charge in [0.05, 0.1) is 13.2 Å². The first-order chi connectivity index (χ1) is 10.4. The van der Waals surface area contributed by atoms with Crippen LogP contribution in [0, 0.1) is 11.8 Å². The molecular weight excluding hydrogens is 266 g/mol. The molecule has 1 fully saturated rings. The van der Waals surface area contributed by atoms with Crippen molar-refractivity contribution in [3.63, 3.8) is 0 Å². The molecule has 21 heavy (non-hydrogen) atoms. The van der Waals surface area contributed by atoms with Crippen LogP contribution in [0.1, 0.15) is 18.4 Å². The van der Waals surface area contributed by atoms with E-state index in [1.54, 1.807) is 0 Å². The second-order valence-electron chi connectivity index (χ2n) is 4.96. The van der Waals surface area contributed by atoms with Crippen molar-refractivity contribution in [1.82, 2.24) is 4.90 Å². The standard InChI is InChI=1S/C17H23NO3/c19-12-2-1-4-16-5-7-17(8-6-16)21-15-11-18-9-3-13-20-14-10-18/h5-8,19H,2-3,9-15H2. The van der Waals surface area contributed by atoms with Gasteiger partial charge >= 0.3 is 0 Å². The van der Waals surface area contributed by atoms with Gasteiger partial charge in [-0.15, -0.1) is 0 Å². The molecule has 114 valence electrons. The summed E-state index contributed by atoms with van der Waals surface area (Å²) in [7, 11) is 0. The highest BCUT2D eigenvalue weighted by atomic mass is 16.5. The molecule has 4 nitrogen and oxygen atoms in total. The van der Waals surface area contributed by atoms with Crippen LogP contribution in [0.15, 0.2) is 24.3 Å². The molecule has 0 bridgehead atoms. The number of aliphatic hydroxyl groups is 1. The van der Waals surface area contributed by atoms with Gasteiger partial charge in [-0.05, 0) is 30.7 Å². The highest BCUT2D eigenvalue weighted by molar-refractivity contribution is 5.38. The third-order valence-corrected chi connectivity index (χ3v) is 3.31. The number of rotatable bonds is 5. The lowest BCUT2D eigenvalue weighted by atomic mass is 10.2. The minimum atomic E-state index is 0.107. The zero-order valence-corrected chi connectivity index (χ0v) is 12.4. The molecule has 1 saturated heterocycles. The SMILES string of the molecule is OCCC#Cc1ccc(OCCN2CCCOCC2)cc1. The van der Waals surface area contributed by atoms with Crippen molar-refractivity contribution in [2.75, 3.05) is 46.1 Å². The summed E-state index contributed by atoms with van der Waals surface area (Å²) in [6.45, 7) is 5.50. The van der Waals surface area contributed by atoms with E-state index in [4.69, 9.17) is 14.6 Å². The highest BCUT2D eigenvalue weighted by Gasteiger charge is 2.08. The van der Waals surface area contributed by atoms with Crippen molar-refractivity contribution >= 4 is 0 Å². The molecule has 1 aliphatic heterocycles. The van der Waals surface area contributed by atoms with Gasteiger partial charge in [0.2, 0.25) is 0 Å². The van der Waals surface area contributed by atoms with Gasteiger partial charge in [-0.25, -0.2) is 0 Å². The summed E-state index contributed by atoms with van der Waals surface area (Å²) < 4.78 is 11.2. The van der Waals surface area contributed by atoms with Gasteiger partial charge in [0.25, 0.3) is 0 Å². The van der Waals surface area contributed by atoms with E-state index >= 15 is 0 Å². The average Bonchev–Trinajstić information content (AvgIpc) is 2.78. The minimum absolute atomic E-state index is 0.107. The number of hydrogen-bond donors (Lipinski definition) is 1. The Morgan fingerprint density at radius 2 is 2.05 bits per heavy atom. The van der Waals surface area contributed by atoms with Crippen molar-refractivity contribution in [3.05, 3.63) is 29.8 Å². The molecule has 0 radical (unpaired) electrons. The van der Waals surface area contributed by atoms with Gasteiger partial charge in [-0.2, -0.15) is 0 Å². The Kier molecular flexibility index (Phi) is 7.10. The Morgan fingerprint density at radius 1 is 1.19 bits per heavy atom. The molecule has 0 spiro atoms. The van der Waals surface area contributed by atoms with E-state index in [1.165, 1.54) is 0 Å². The number of nitrogens with zero attached hydrogens (tertiary/aromatic N) is 1. The normalized spacial score (nSPS) is 15.9. The van der Waals surface area contributed by atoms with E-state index in [-0.39, 0.29) is 6.61 Å². The Hall–Kier alpha value is -1.54. The molecule has 2 rings (SSSR count). The molecule has 1 aliphatic rings. The van der Waals surface area contributed by atoms with Crippen molar-refractivity contribution < 1.29 is 14.6 Å². The third kappa shape index (κ3) is 6.17. The molecule has 0 aromatic heterocycles. The fourth-order valence-corrected chi connectivity index (χ4v) is 2.17. The topological polar surface area (TPSA) is 41.9 Å². The van der Waals surface area contributed by atoms with Crippen molar-refractivity contribution in [3.8, 4) is 17.6 Å². The highest BCUT2D eigenvalue weighted by Crippen LogP contribution is 2.11. The first-order valence-electron chi connectivity index (χ1n) is 7.51. The molecule has 0 aliphatic carbocycles. The maximum atomic E-state index is 8.68. The molecule has 4 heteroatoms. The summed E-state index contributed by atoms with van der Waals surface area (Å²) in [4.78, 5) is 2.38. The molecule has 1 heterocycles. The van der Waals surface area contributed by atoms with Gasteiger partial charge in [-0.3, -0.25) is 4.90 Å². The molecule has 0 saturated carbocycles. The molecule has 0 amide bonds. The lowest BCUT2D eigenvalue weighted by Crippen LogP contribution is -2.30. The quantitative estimate of drug-likeness (QED) is 0.835. The summed E-state index contributed by atoms with van der Waals surface area (Å²) in [5.41, 5.74) is 0.945. The second-order valence-corrected chi connectivity index (χ2v) is 4.96. The monoisotopic (exact) mass is 289 g/mol. The van der Waals surface area contributed by atoms with Crippen LogP contribution >= 0.6 is 0 Å². The van der Waals surface area contributed by atoms with Gasteiger partial charge in [-0.1, -0.05) is 11.8 Å². The summed E-state index contributed by atoms with van der Waals surface area (Å²) in [5, 5.41) is 8.68. The second kappa shape index (κ2) is 9.41. The summed E-state index contributed by atoms with van der Waals surface area (Å²) in [5.74, 6) is 6.77. The van der Waals surface area contributed by atoms with E-state index in [1.807, 2.05) is 24.3 Å². The van der Waals surface area contributed by atoms with Crippen LogP contribution in [0.25, 0.3) is 0 Å². The smallest absolute Gasteiger partial charge is 0.119 e. The number of ether oxygens (including phenoxy) is 2. The molecule has 0 unspecified atom stereocenters. The van der Waals surface area contributed by atoms with Crippen molar-refractivity contribution in [2.24, 2.45) is 0 Å². The number of hydrogen-bond acceptors (Lipinski definition) is 4. The van der Waals surface area contributed by atoms with E-state index in [0.717, 1.165) is 50.6 Å². The molecule has 0 atom stereocenters. The predicted octanol–water partition coefficient (Wildman–Crippen LogP) is 1.52. The molecule has 1 N–H and O–H groups in total. The fourth-order valence-electron chi connectivity index (χ4n) is 2.17. The van der Waals surface area contributed by atoms with E-state index in [0.29, 0.717) is 13.0 Å². The molecular formula is C17H23NO3. The average molecular weight is 289 g/mol. The lowest BCUT2D eigenvalue weighted by Gasteiger charge is -2.18. The van der Waals surface area contributed by atoms with Gasteiger partial charge < -0.3 is 14.6 Å². The third-order valence-electron chi connectivity index (χ3n) is 3.31.